The van der Waals surface area contributed by atoms with Crippen LogP contribution in [0.4, 0.5) is 0 Å². The van der Waals surface area contributed by atoms with E-state index in [1.807, 2.05) is 6.08 Å². The third kappa shape index (κ3) is 37.9. The first-order valence-corrected chi connectivity index (χ1v) is 22.2. The van der Waals surface area contributed by atoms with E-state index in [1.54, 1.807) is 6.08 Å². The van der Waals surface area contributed by atoms with Crippen LogP contribution in [0, 0.1) is 0 Å². The van der Waals surface area contributed by atoms with Crippen molar-refractivity contribution in [1.29, 1.82) is 0 Å². The lowest BCUT2D eigenvalue weighted by atomic mass is 10.0. The maximum Gasteiger partial charge on any atom is 0.220 e. The van der Waals surface area contributed by atoms with E-state index in [2.05, 4.69) is 43.5 Å². The smallest absolute Gasteiger partial charge is 0.220 e. The molecule has 0 aromatic heterocycles. The van der Waals surface area contributed by atoms with Gasteiger partial charge in [-0.3, -0.25) is 4.79 Å². The zero-order valence-electron chi connectivity index (χ0n) is 33.7. The normalized spacial score (nSPS) is 13.3. The lowest BCUT2D eigenvalue weighted by Crippen LogP contribution is -2.45. The van der Waals surface area contributed by atoms with Gasteiger partial charge in [0.2, 0.25) is 5.91 Å². The first kappa shape index (κ1) is 48.6. The summed E-state index contributed by atoms with van der Waals surface area (Å²) in [4.78, 5) is 12.2. The van der Waals surface area contributed by atoms with Gasteiger partial charge in [0.05, 0.1) is 18.8 Å². The standard InChI is InChI=1S/C46H87NO3/c1-3-5-7-9-11-12-13-14-15-16-17-18-19-20-21-22-23-24-25-26-27-28-29-30-31-32-33-34-36-37-39-41-45(49)44(43-48)47-46(50)42-40-38-35-10-8-6-4-2/h29-30,33-34,39,41,44-45,48-49H,3-28,31-32,35-38,40,42-43H2,1-2H3,(H,47,50)/b30-29+,34-33+,41-39+. The summed E-state index contributed by atoms with van der Waals surface area (Å²) in [6.07, 6.45) is 55.8. The summed E-state index contributed by atoms with van der Waals surface area (Å²) in [6.45, 7) is 4.25. The molecule has 0 fully saturated rings. The van der Waals surface area contributed by atoms with E-state index in [0.29, 0.717) is 6.42 Å². The minimum atomic E-state index is -0.865. The van der Waals surface area contributed by atoms with Crippen LogP contribution < -0.4 is 5.32 Å². The third-order valence-corrected chi connectivity index (χ3v) is 10.1. The topological polar surface area (TPSA) is 69.6 Å². The van der Waals surface area contributed by atoms with Gasteiger partial charge >= 0.3 is 0 Å². The average Bonchev–Trinajstić information content (AvgIpc) is 3.12. The first-order chi connectivity index (χ1) is 24.7. The molecule has 0 saturated carbocycles. The van der Waals surface area contributed by atoms with Gasteiger partial charge in [-0.25, -0.2) is 0 Å². The number of allylic oxidation sites excluding steroid dienone is 5. The predicted octanol–water partition coefficient (Wildman–Crippen LogP) is 13.8. The second kappa shape index (κ2) is 42.0. The van der Waals surface area contributed by atoms with E-state index in [4.69, 9.17) is 0 Å². The van der Waals surface area contributed by atoms with Crippen LogP contribution in [-0.4, -0.2) is 34.9 Å². The van der Waals surface area contributed by atoms with Gasteiger partial charge in [-0.15, -0.1) is 0 Å². The van der Waals surface area contributed by atoms with Crippen LogP contribution in [0.5, 0.6) is 0 Å². The number of rotatable bonds is 40. The van der Waals surface area contributed by atoms with Gasteiger partial charge in [-0.2, -0.15) is 0 Å². The highest BCUT2D eigenvalue weighted by Crippen LogP contribution is 2.15. The second-order valence-corrected chi connectivity index (χ2v) is 15.1. The Kier molecular flexibility index (Phi) is 40.9. The summed E-state index contributed by atoms with van der Waals surface area (Å²) in [6, 6.07) is -0.640. The predicted molar refractivity (Wildman–Crippen MR) is 221 cm³/mol. The molecule has 2 unspecified atom stereocenters. The molecule has 0 radical (unpaired) electrons. The van der Waals surface area contributed by atoms with Crippen molar-refractivity contribution in [2.24, 2.45) is 0 Å². The quantitative estimate of drug-likeness (QED) is 0.0440. The van der Waals surface area contributed by atoms with Crippen LogP contribution in [0.25, 0.3) is 0 Å². The van der Waals surface area contributed by atoms with Crippen molar-refractivity contribution >= 4 is 5.91 Å². The van der Waals surface area contributed by atoms with Gasteiger partial charge in [0, 0.05) is 6.42 Å². The number of hydrogen-bond acceptors (Lipinski definition) is 3. The highest BCUT2D eigenvalue weighted by molar-refractivity contribution is 5.76. The summed E-state index contributed by atoms with van der Waals surface area (Å²) >= 11 is 0. The van der Waals surface area contributed by atoms with E-state index >= 15 is 0 Å². The molecule has 2 atom stereocenters. The number of unbranched alkanes of at least 4 members (excludes halogenated alkanes) is 29. The Bertz CT molecular complexity index is 760. The van der Waals surface area contributed by atoms with E-state index in [-0.39, 0.29) is 12.5 Å². The van der Waals surface area contributed by atoms with Crippen molar-refractivity contribution < 1.29 is 15.0 Å². The molecule has 0 aliphatic carbocycles. The molecule has 0 aliphatic heterocycles. The fraction of sp³-hybridized carbons (Fsp3) is 0.848. The molecule has 0 saturated heterocycles. The maximum absolute atomic E-state index is 12.2. The summed E-state index contributed by atoms with van der Waals surface area (Å²) in [5.74, 6) is -0.0852. The molecule has 0 bridgehead atoms. The summed E-state index contributed by atoms with van der Waals surface area (Å²) in [5, 5.41) is 22.8. The van der Waals surface area contributed by atoms with Crippen molar-refractivity contribution in [3.05, 3.63) is 36.5 Å². The Morgan fingerprint density at radius 1 is 0.460 bits per heavy atom. The van der Waals surface area contributed by atoms with Crippen molar-refractivity contribution in [3.8, 4) is 0 Å². The van der Waals surface area contributed by atoms with Crippen molar-refractivity contribution in [3.63, 3.8) is 0 Å². The van der Waals surface area contributed by atoms with Crippen LogP contribution in [0.2, 0.25) is 0 Å². The zero-order chi connectivity index (χ0) is 36.4. The molecule has 0 aromatic rings. The number of nitrogens with one attached hydrogen (secondary N) is 1. The van der Waals surface area contributed by atoms with Crippen LogP contribution in [0.3, 0.4) is 0 Å². The molecule has 3 N–H and O–H groups in total. The van der Waals surface area contributed by atoms with Crippen molar-refractivity contribution in [2.75, 3.05) is 6.61 Å². The highest BCUT2D eigenvalue weighted by atomic mass is 16.3. The number of hydrogen-bond donors (Lipinski definition) is 3. The molecule has 0 aromatic carbocycles. The van der Waals surface area contributed by atoms with Crippen LogP contribution in [-0.2, 0) is 4.79 Å². The SMILES string of the molecule is CCCCCCCCCCCCCCCCCCCCCCC/C=C/CC/C=C/CC/C=C/C(O)C(CO)NC(=O)CCCCCCCCC. The minimum absolute atomic E-state index is 0.0852. The molecule has 4 nitrogen and oxygen atoms in total. The maximum atomic E-state index is 12.2. The monoisotopic (exact) mass is 702 g/mol. The fourth-order valence-electron chi connectivity index (χ4n) is 6.68. The molecule has 0 spiro atoms. The molecule has 4 heteroatoms. The van der Waals surface area contributed by atoms with E-state index in [0.717, 1.165) is 38.5 Å². The van der Waals surface area contributed by atoms with Gasteiger partial charge in [0.25, 0.3) is 0 Å². The fourth-order valence-corrected chi connectivity index (χ4v) is 6.68. The number of aliphatic hydroxyl groups is 2. The summed E-state index contributed by atoms with van der Waals surface area (Å²) < 4.78 is 0. The molecule has 0 rings (SSSR count). The van der Waals surface area contributed by atoms with E-state index < -0.39 is 12.1 Å². The molecule has 1 amide bonds. The Morgan fingerprint density at radius 2 is 0.780 bits per heavy atom. The number of aliphatic hydroxyl groups excluding tert-OH is 2. The van der Waals surface area contributed by atoms with Crippen LogP contribution >= 0.6 is 0 Å². The van der Waals surface area contributed by atoms with E-state index in [9.17, 15) is 15.0 Å². The molecular formula is C46H87NO3. The molecule has 0 aliphatic rings. The van der Waals surface area contributed by atoms with Gasteiger partial charge in [-0.1, -0.05) is 217 Å². The van der Waals surface area contributed by atoms with Gasteiger partial charge in [-0.05, 0) is 44.9 Å². The number of amides is 1. The lowest BCUT2D eigenvalue weighted by molar-refractivity contribution is -0.123. The first-order valence-electron chi connectivity index (χ1n) is 22.2. The Balaban J connectivity index is 3.49. The van der Waals surface area contributed by atoms with Crippen molar-refractivity contribution in [2.45, 2.75) is 244 Å². The molecule has 0 heterocycles. The van der Waals surface area contributed by atoms with Gasteiger partial charge in [0.1, 0.15) is 0 Å². The van der Waals surface area contributed by atoms with Crippen molar-refractivity contribution in [1.82, 2.24) is 5.32 Å². The zero-order valence-corrected chi connectivity index (χ0v) is 33.7. The minimum Gasteiger partial charge on any atom is -0.394 e. The lowest BCUT2D eigenvalue weighted by Gasteiger charge is -2.19. The van der Waals surface area contributed by atoms with Crippen LogP contribution in [0.1, 0.15) is 232 Å². The number of carbonyl (C=O) groups is 1. The van der Waals surface area contributed by atoms with Crippen LogP contribution in [0.15, 0.2) is 36.5 Å². The Labute approximate surface area is 312 Å². The Hall–Kier alpha value is -1.39. The van der Waals surface area contributed by atoms with Gasteiger partial charge < -0.3 is 15.5 Å². The molecule has 50 heavy (non-hydrogen) atoms. The second-order valence-electron chi connectivity index (χ2n) is 15.1. The molecule has 294 valence electrons. The third-order valence-electron chi connectivity index (χ3n) is 10.1. The summed E-state index contributed by atoms with van der Waals surface area (Å²) in [7, 11) is 0. The molecular weight excluding hydrogens is 615 g/mol. The van der Waals surface area contributed by atoms with E-state index in [1.165, 1.54) is 173 Å². The van der Waals surface area contributed by atoms with Gasteiger partial charge in [0.15, 0.2) is 0 Å². The Morgan fingerprint density at radius 3 is 1.16 bits per heavy atom. The summed E-state index contributed by atoms with van der Waals surface area (Å²) in [5.41, 5.74) is 0. The average molecular weight is 702 g/mol. The largest absolute Gasteiger partial charge is 0.394 e. The highest BCUT2D eigenvalue weighted by Gasteiger charge is 2.17. The number of carbonyl (C=O) groups excluding carboxylic acids is 1.